The van der Waals surface area contributed by atoms with Crippen molar-refractivity contribution in [1.82, 2.24) is 9.97 Å². The minimum absolute atomic E-state index is 0.0209. The van der Waals surface area contributed by atoms with E-state index in [1.54, 1.807) is 48.8 Å². The normalized spacial score (nSPS) is 16.5. The summed E-state index contributed by atoms with van der Waals surface area (Å²) in [7, 11) is 1.45. The Morgan fingerprint density at radius 3 is 2.83 bits per heavy atom. The molecular formula is C31H28FN5O3. The van der Waals surface area contributed by atoms with Gasteiger partial charge in [0.05, 0.1) is 37.6 Å². The van der Waals surface area contributed by atoms with E-state index in [1.165, 1.54) is 13.2 Å². The molecule has 202 valence electrons. The summed E-state index contributed by atoms with van der Waals surface area (Å²) in [5.41, 5.74) is 10.3. The van der Waals surface area contributed by atoms with Gasteiger partial charge in [-0.3, -0.25) is 9.78 Å². The first kappa shape index (κ1) is 26.9. The highest BCUT2D eigenvalue weighted by Crippen LogP contribution is 2.37. The second-order valence-corrected chi connectivity index (χ2v) is 9.66. The van der Waals surface area contributed by atoms with Gasteiger partial charge in [0.25, 0.3) is 0 Å². The summed E-state index contributed by atoms with van der Waals surface area (Å²) in [6, 6.07) is 16.4. The third-order valence-electron chi connectivity index (χ3n) is 7.12. The van der Waals surface area contributed by atoms with Crippen LogP contribution in [0.5, 0.6) is 5.75 Å². The van der Waals surface area contributed by atoms with E-state index in [1.807, 2.05) is 23.1 Å². The lowest BCUT2D eigenvalue weighted by Gasteiger charge is -2.28. The summed E-state index contributed by atoms with van der Waals surface area (Å²) in [6.45, 7) is 7.97. The number of anilines is 1. The molecule has 0 amide bonds. The van der Waals surface area contributed by atoms with E-state index in [0.29, 0.717) is 35.7 Å². The SMILES string of the molecule is [C-]#[N+]c1ccncc1-c1ccc(CC(=O)c2cccc(-c3c(F)cccc3OC)n2)c(N2C[C@@H](N)C[C@H]2CO)c1. The maximum absolute atomic E-state index is 14.7. The molecule has 1 saturated heterocycles. The first-order valence-corrected chi connectivity index (χ1v) is 12.8. The zero-order valence-corrected chi connectivity index (χ0v) is 21.9. The van der Waals surface area contributed by atoms with Crippen LogP contribution < -0.4 is 15.4 Å². The first-order chi connectivity index (χ1) is 19.4. The largest absolute Gasteiger partial charge is 0.496 e. The summed E-state index contributed by atoms with van der Waals surface area (Å²) in [6.07, 6.45) is 3.85. The number of ether oxygens (including phenoxy) is 1. The Balaban J connectivity index is 1.53. The number of nitrogens with two attached hydrogens (primary N) is 1. The summed E-state index contributed by atoms with van der Waals surface area (Å²) in [5.74, 6) is -0.424. The number of rotatable bonds is 8. The van der Waals surface area contributed by atoms with Crippen LogP contribution in [0.15, 0.2) is 73.1 Å². The average Bonchev–Trinajstić information content (AvgIpc) is 3.37. The summed E-state index contributed by atoms with van der Waals surface area (Å²) in [5, 5.41) is 10.1. The molecular weight excluding hydrogens is 509 g/mol. The molecule has 1 aliphatic rings. The van der Waals surface area contributed by atoms with Gasteiger partial charge in [-0.1, -0.05) is 24.3 Å². The van der Waals surface area contributed by atoms with Gasteiger partial charge in [0.2, 0.25) is 0 Å². The number of halogens is 1. The Hall–Kier alpha value is -4.65. The lowest BCUT2D eigenvalue weighted by Crippen LogP contribution is -2.33. The lowest BCUT2D eigenvalue weighted by atomic mass is 9.97. The number of nitrogens with zero attached hydrogens (tertiary/aromatic N) is 4. The fourth-order valence-corrected chi connectivity index (χ4v) is 5.19. The zero-order valence-electron chi connectivity index (χ0n) is 21.9. The predicted octanol–water partition coefficient (Wildman–Crippen LogP) is 4.83. The highest BCUT2D eigenvalue weighted by Gasteiger charge is 2.31. The second-order valence-electron chi connectivity index (χ2n) is 9.66. The number of carbonyl (C=O) groups excluding carboxylic acids is 1. The van der Waals surface area contributed by atoms with Crippen molar-refractivity contribution >= 4 is 17.2 Å². The fourth-order valence-electron chi connectivity index (χ4n) is 5.19. The topological polar surface area (TPSA) is 106 Å². The molecule has 1 aliphatic heterocycles. The Labute approximate surface area is 231 Å². The number of ketones is 1. The van der Waals surface area contributed by atoms with Gasteiger partial charge >= 0.3 is 0 Å². The van der Waals surface area contributed by atoms with E-state index in [2.05, 4.69) is 14.8 Å². The van der Waals surface area contributed by atoms with Crippen LogP contribution in [0.2, 0.25) is 0 Å². The van der Waals surface area contributed by atoms with Crippen molar-refractivity contribution in [1.29, 1.82) is 0 Å². The maximum Gasteiger partial charge on any atom is 0.197 e. The third-order valence-corrected chi connectivity index (χ3v) is 7.12. The van der Waals surface area contributed by atoms with Crippen molar-refractivity contribution in [2.45, 2.75) is 24.9 Å². The van der Waals surface area contributed by atoms with Crippen LogP contribution in [0.3, 0.4) is 0 Å². The molecule has 0 radical (unpaired) electrons. The molecule has 9 heteroatoms. The molecule has 4 aromatic rings. The standard InChI is InChI=1S/C31H28FN5O3/c1-34-25-11-12-35-16-23(25)19-9-10-20(28(13-19)37-17-21(33)15-22(37)18-38)14-29(39)26-6-4-7-27(36-26)31-24(32)5-3-8-30(31)40-2/h3-13,16,21-22,38H,14-15,17-18,33H2,2H3/t21-,22-/m0/s1. The monoisotopic (exact) mass is 537 g/mol. The molecule has 8 nitrogen and oxygen atoms in total. The van der Waals surface area contributed by atoms with Crippen molar-refractivity contribution < 1.29 is 19.0 Å². The molecule has 0 bridgehead atoms. The predicted molar refractivity (Wildman–Crippen MR) is 151 cm³/mol. The van der Waals surface area contributed by atoms with Gasteiger partial charge in [0.1, 0.15) is 17.3 Å². The van der Waals surface area contributed by atoms with Crippen LogP contribution in [0, 0.1) is 12.4 Å². The van der Waals surface area contributed by atoms with Crippen LogP contribution in [0.1, 0.15) is 22.5 Å². The number of benzene rings is 2. The minimum atomic E-state index is -0.496. The number of hydrogen-bond donors (Lipinski definition) is 2. The van der Waals surface area contributed by atoms with Gasteiger partial charge in [0, 0.05) is 42.7 Å². The molecule has 2 aromatic heterocycles. The summed E-state index contributed by atoms with van der Waals surface area (Å²) >= 11 is 0. The van der Waals surface area contributed by atoms with Gasteiger partial charge in [-0.25, -0.2) is 14.2 Å². The maximum atomic E-state index is 14.7. The quantitative estimate of drug-likeness (QED) is 0.245. The van der Waals surface area contributed by atoms with Crippen LogP contribution in [0.25, 0.3) is 27.2 Å². The van der Waals surface area contributed by atoms with Crippen LogP contribution in [-0.4, -0.2) is 53.2 Å². The number of aliphatic hydroxyl groups is 1. The van der Waals surface area contributed by atoms with E-state index in [-0.39, 0.29) is 42.2 Å². The number of methoxy groups -OCH3 is 1. The van der Waals surface area contributed by atoms with E-state index < -0.39 is 5.82 Å². The number of aromatic nitrogens is 2. The van der Waals surface area contributed by atoms with Gasteiger partial charge in [0.15, 0.2) is 11.5 Å². The molecule has 3 N–H and O–H groups in total. The molecule has 0 saturated carbocycles. The van der Waals surface area contributed by atoms with Gasteiger partial charge < -0.3 is 20.5 Å². The van der Waals surface area contributed by atoms with Gasteiger partial charge in [-0.05, 0) is 53.9 Å². The molecule has 2 atom stereocenters. The van der Waals surface area contributed by atoms with E-state index in [9.17, 15) is 14.3 Å². The molecule has 1 fully saturated rings. The highest BCUT2D eigenvalue weighted by molar-refractivity contribution is 5.97. The van der Waals surface area contributed by atoms with Crippen LogP contribution in [-0.2, 0) is 6.42 Å². The van der Waals surface area contributed by atoms with E-state index in [0.717, 1.165) is 16.8 Å². The molecule has 3 heterocycles. The third kappa shape index (κ3) is 5.27. The first-order valence-electron chi connectivity index (χ1n) is 12.8. The van der Waals surface area contributed by atoms with E-state index >= 15 is 0 Å². The van der Waals surface area contributed by atoms with Crippen molar-refractivity contribution in [2.75, 3.05) is 25.2 Å². The number of Topliss-reactive ketones (excluding diaryl/α,β-unsaturated/α-hetero) is 1. The van der Waals surface area contributed by atoms with Crippen molar-refractivity contribution in [3.63, 3.8) is 0 Å². The number of carbonyl (C=O) groups is 1. The van der Waals surface area contributed by atoms with Crippen LogP contribution in [0.4, 0.5) is 15.8 Å². The Morgan fingerprint density at radius 2 is 2.05 bits per heavy atom. The average molecular weight is 538 g/mol. The molecule has 0 spiro atoms. The van der Waals surface area contributed by atoms with Gasteiger partial charge in [-0.2, -0.15) is 0 Å². The Morgan fingerprint density at radius 1 is 1.23 bits per heavy atom. The van der Waals surface area contributed by atoms with Crippen molar-refractivity contribution in [3.05, 3.63) is 102 Å². The summed E-state index contributed by atoms with van der Waals surface area (Å²) in [4.78, 5) is 27.9. The Kier molecular flexibility index (Phi) is 7.82. The van der Waals surface area contributed by atoms with Crippen LogP contribution >= 0.6 is 0 Å². The van der Waals surface area contributed by atoms with E-state index in [4.69, 9.17) is 17.0 Å². The molecule has 2 aromatic carbocycles. The zero-order chi connectivity index (χ0) is 28.2. The highest BCUT2D eigenvalue weighted by atomic mass is 19.1. The Bertz CT molecular complexity index is 1600. The molecule has 0 aliphatic carbocycles. The number of pyridine rings is 2. The van der Waals surface area contributed by atoms with Crippen molar-refractivity contribution in [3.8, 4) is 28.1 Å². The van der Waals surface area contributed by atoms with Gasteiger partial charge in [-0.15, -0.1) is 0 Å². The molecule has 0 unspecified atom stereocenters. The molecule has 5 rings (SSSR count). The minimum Gasteiger partial charge on any atom is -0.496 e. The second kappa shape index (κ2) is 11.6. The number of hydrogen-bond acceptors (Lipinski definition) is 7. The fraction of sp³-hybridized carbons (Fsp3) is 0.226. The lowest BCUT2D eigenvalue weighted by molar-refractivity contribution is 0.0988. The van der Waals surface area contributed by atoms with Crippen molar-refractivity contribution in [2.24, 2.45) is 5.73 Å². The molecule has 40 heavy (non-hydrogen) atoms. The smallest absolute Gasteiger partial charge is 0.197 e. The summed E-state index contributed by atoms with van der Waals surface area (Å²) < 4.78 is 20.0. The number of aliphatic hydroxyl groups excluding tert-OH is 1.